The predicted molar refractivity (Wildman–Crippen MR) is 83.4 cm³/mol. The number of hydrogen-bond acceptors (Lipinski definition) is 5. The van der Waals surface area contributed by atoms with Crippen LogP contribution in [0.5, 0.6) is 0 Å². The molecule has 0 saturated heterocycles. The lowest BCUT2D eigenvalue weighted by Crippen LogP contribution is -2.07. The Bertz CT molecular complexity index is 432. The number of nitriles is 1. The lowest BCUT2D eigenvalue weighted by molar-refractivity contribution is 0.0691. The van der Waals surface area contributed by atoms with Crippen LogP contribution in [0, 0.1) is 11.3 Å². The number of anilines is 1. The SMILES string of the molecule is COCCOCCCCNc1cccc(SC)c1C#N. The van der Waals surface area contributed by atoms with Gasteiger partial charge in [0.2, 0.25) is 0 Å². The normalized spacial score (nSPS) is 10.2. The first-order valence-corrected chi connectivity index (χ1v) is 7.93. The Balaban J connectivity index is 2.27. The van der Waals surface area contributed by atoms with E-state index in [0.29, 0.717) is 13.2 Å². The van der Waals surface area contributed by atoms with Gasteiger partial charge in [0.1, 0.15) is 6.07 Å². The third-order valence-corrected chi connectivity index (χ3v) is 3.60. The van der Waals surface area contributed by atoms with E-state index in [1.165, 1.54) is 0 Å². The van der Waals surface area contributed by atoms with Gasteiger partial charge >= 0.3 is 0 Å². The molecule has 0 bridgehead atoms. The maximum atomic E-state index is 9.22. The Morgan fingerprint density at radius 2 is 2.10 bits per heavy atom. The lowest BCUT2D eigenvalue weighted by Gasteiger charge is -2.10. The Morgan fingerprint density at radius 3 is 2.80 bits per heavy atom. The summed E-state index contributed by atoms with van der Waals surface area (Å²) in [5.74, 6) is 0. The van der Waals surface area contributed by atoms with Crippen molar-refractivity contribution in [1.29, 1.82) is 5.26 Å². The maximum Gasteiger partial charge on any atom is 0.102 e. The standard InChI is InChI=1S/C15H22N2O2S/c1-18-10-11-19-9-4-3-8-17-14-6-5-7-15(20-2)13(14)12-16/h5-7,17H,3-4,8-11H2,1-2H3. The number of methoxy groups -OCH3 is 1. The first-order valence-electron chi connectivity index (χ1n) is 6.71. The third-order valence-electron chi connectivity index (χ3n) is 2.82. The van der Waals surface area contributed by atoms with E-state index in [2.05, 4.69) is 11.4 Å². The second-order valence-electron chi connectivity index (χ2n) is 4.23. The maximum absolute atomic E-state index is 9.22. The quantitative estimate of drug-likeness (QED) is 0.531. The molecule has 0 aliphatic heterocycles. The number of ether oxygens (including phenoxy) is 2. The van der Waals surface area contributed by atoms with Crippen molar-refractivity contribution in [1.82, 2.24) is 0 Å². The number of thioether (sulfide) groups is 1. The Labute approximate surface area is 125 Å². The molecule has 0 atom stereocenters. The van der Waals surface area contributed by atoms with E-state index in [-0.39, 0.29) is 0 Å². The van der Waals surface area contributed by atoms with E-state index in [1.54, 1.807) is 18.9 Å². The number of unbranched alkanes of at least 4 members (excludes halogenated alkanes) is 1. The van der Waals surface area contributed by atoms with Crippen LogP contribution in [0.4, 0.5) is 5.69 Å². The summed E-state index contributed by atoms with van der Waals surface area (Å²) in [6.07, 6.45) is 4.00. The average molecular weight is 294 g/mol. The van der Waals surface area contributed by atoms with E-state index in [0.717, 1.165) is 42.1 Å². The van der Waals surface area contributed by atoms with Crippen molar-refractivity contribution in [3.63, 3.8) is 0 Å². The van der Waals surface area contributed by atoms with E-state index >= 15 is 0 Å². The summed E-state index contributed by atoms with van der Waals surface area (Å²) in [7, 11) is 1.67. The highest BCUT2D eigenvalue weighted by Gasteiger charge is 2.06. The highest BCUT2D eigenvalue weighted by Crippen LogP contribution is 2.26. The number of hydrogen-bond donors (Lipinski definition) is 1. The highest BCUT2D eigenvalue weighted by atomic mass is 32.2. The van der Waals surface area contributed by atoms with E-state index in [1.807, 2.05) is 24.5 Å². The number of benzene rings is 1. The van der Waals surface area contributed by atoms with Crippen LogP contribution in [-0.2, 0) is 9.47 Å². The number of nitrogens with zero attached hydrogens (tertiary/aromatic N) is 1. The van der Waals surface area contributed by atoms with Crippen LogP contribution in [0.15, 0.2) is 23.1 Å². The van der Waals surface area contributed by atoms with Gasteiger partial charge in [0.25, 0.3) is 0 Å². The summed E-state index contributed by atoms with van der Waals surface area (Å²) in [5.41, 5.74) is 1.65. The molecule has 0 spiro atoms. The fourth-order valence-electron chi connectivity index (χ4n) is 1.76. The van der Waals surface area contributed by atoms with Crippen LogP contribution in [-0.4, -0.2) is 39.7 Å². The van der Waals surface area contributed by atoms with Gasteiger partial charge in [-0.2, -0.15) is 5.26 Å². The molecule has 1 rings (SSSR count). The van der Waals surface area contributed by atoms with Crippen LogP contribution in [0.25, 0.3) is 0 Å². The van der Waals surface area contributed by atoms with Gasteiger partial charge in [-0.15, -0.1) is 11.8 Å². The molecule has 0 aliphatic rings. The van der Waals surface area contributed by atoms with Crippen LogP contribution in [0.1, 0.15) is 18.4 Å². The van der Waals surface area contributed by atoms with E-state index in [4.69, 9.17) is 9.47 Å². The van der Waals surface area contributed by atoms with Gasteiger partial charge in [0.15, 0.2) is 0 Å². The summed E-state index contributed by atoms with van der Waals surface area (Å²) >= 11 is 1.59. The monoisotopic (exact) mass is 294 g/mol. The molecule has 0 heterocycles. The van der Waals surface area contributed by atoms with Crippen molar-refractivity contribution in [2.45, 2.75) is 17.7 Å². The van der Waals surface area contributed by atoms with Crippen molar-refractivity contribution < 1.29 is 9.47 Å². The molecule has 20 heavy (non-hydrogen) atoms. The average Bonchev–Trinajstić information content (AvgIpc) is 2.49. The van der Waals surface area contributed by atoms with Gasteiger partial charge < -0.3 is 14.8 Å². The Morgan fingerprint density at radius 1 is 1.25 bits per heavy atom. The third kappa shape index (κ3) is 5.83. The number of rotatable bonds is 10. The number of nitrogens with one attached hydrogen (secondary N) is 1. The summed E-state index contributed by atoms with van der Waals surface area (Å²) in [6, 6.07) is 8.17. The van der Waals surface area contributed by atoms with Gasteiger partial charge in [0.05, 0.1) is 24.5 Å². The molecule has 0 radical (unpaired) electrons. The topological polar surface area (TPSA) is 54.3 Å². The fraction of sp³-hybridized carbons (Fsp3) is 0.533. The highest BCUT2D eigenvalue weighted by molar-refractivity contribution is 7.98. The van der Waals surface area contributed by atoms with Gasteiger partial charge in [0, 0.05) is 25.2 Å². The van der Waals surface area contributed by atoms with Crippen LogP contribution in [0.2, 0.25) is 0 Å². The minimum atomic E-state index is 0.644. The van der Waals surface area contributed by atoms with Crippen LogP contribution >= 0.6 is 11.8 Å². The predicted octanol–water partition coefficient (Wildman–Crippen LogP) is 3.14. The minimum Gasteiger partial charge on any atom is -0.384 e. The van der Waals surface area contributed by atoms with Gasteiger partial charge in [-0.1, -0.05) is 6.07 Å². The minimum absolute atomic E-state index is 0.644. The Kier molecular flexibility index (Phi) is 8.88. The summed E-state index contributed by atoms with van der Waals surface area (Å²) < 4.78 is 10.3. The van der Waals surface area contributed by atoms with Gasteiger partial charge in [-0.3, -0.25) is 0 Å². The molecule has 0 saturated carbocycles. The second kappa shape index (κ2) is 10.6. The first kappa shape index (κ1) is 16.8. The molecular formula is C15H22N2O2S. The zero-order chi connectivity index (χ0) is 14.6. The molecule has 1 aromatic carbocycles. The van der Waals surface area contributed by atoms with Crippen molar-refractivity contribution >= 4 is 17.4 Å². The lowest BCUT2D eigenvalue weighted by atomic mass is 10.2. The van der Waals surface area contributed by atoms with E-state index < -0.39 is 0 Å². The summed E-state index contributed by atoms with van der Waals surface area (Å²) in [4.78, 5) is 1.01. The zero-order valence-electron chi connectivity index (χ0n) is 12.1. The van der Waals surface area contributed by atoms with E-state index in [9.17, 15) is 5.26 Å². The smallest absolute Gasteiger partial charge is 0.102 e. The Hall–Kier alpha value is -1.22. The molecule has 0 unspecified atom stereocenters. The molecule has 0 aromatic heterocycles. The molecule has 0 amide bonds. The molecule has 0 fully saturated rings. The van der Waals surface area contributed by atoms with Crippen molar-refractivity contribution in [3.05, 3.63) is 23.8 Å². The van der Waals surface area contributed by atoms with Crippen molar-refractivity contribution in [2.75, 3.05) is 45.0 Å². The second-order valence-corrected chi connectivity index (χ2v) is 5.08. The molecule has 4 nitrogen and oxygen atoms in total. The first-order chi connectivity index (χ1) is 9.83. The van der Waals surface area contributed by atoms with Crippen LogP contribution < -0.4 is 5.32 Å². The molecule has 110 valence electrons. The largest absolute Gasteiger partial charge is 0.384 e. The molecule has 1 aromatic rings. The summed E-state index contributed by atoms with van der Waals surface area (Å²) in [5, 5.41) is 12.5. The summed E-state index contributed by atoms with van der Waals surface area (Å²) in [6.45, 7) is 2.89. The molecule has 0 aliphatic carbocycles. The molecular weight excluding hydrogens is 272 g/mol. The molecule has 5 heteroatoms. The molecule has 1 N–H and O–H groups in total. The van der Waals surface area contributed by atoms with Gasteiger partial charge in [-0.05, 0) is 31.2 Å². The van der Waals surface area contributed by atoms with Crippen molar-refractivity contribution in [3.8, 4) is 6.07 Å². The van der Waals surface area contributed by atoms with Gasteiger partial charge in [-0.25, -0.2) is 0 Å². The zero-order valence-corrected chi connectivity index (χ0v) is 13.0. The van der Waals surface area contributed by atoms with Crippen LogP contribution in [0.3, 0.4) is 0 Å². The fourth-order valence-corrected chi connectivity index (χ4v) is 2.33. The van der Waals surface area contributed by atoms with Crippen molar-refractivity contribution in [2.24, 2.45) is 0 Å².